The maximum atomic E-state index is 12.2. The van der Waals surface area contributed by atoms with Crippen molar-refractivity contribution in [2.24, 2.45) is 7.05 Å². The summed E-state index contributed by atoms with van der Waals surface area (Å²) < 4.78 is 28.9. The summed E-state index contributed by atoms with van der Waals surface area (Å²) in [7, 11) is -2.18. The molecule has 0 bridgehead atoms. The molecular formula is C11H11BrClN3O2S. The zero-order chi connectivity index (χ0) is 14.2. The topological polar surface area (TPSA) is 64.0 Å². The van der Waals surface area contributed by atoms with Gasteiger partial charge in [-0.25, -0.2) is 4.98 Å². The quantitative estimate of drug-likeness (QED) is 0.910. The van der Waals surface area contributed by atoms with Gasteiger partial charge >= 0.3 is 0 Å². The predicted octanol–water partition coefficient (Wildman–Crippen LogP) is 2.95. The fraction of sp³-hybridized carbons (Fsp3) is 0.182. The highest BCUT2D eigenvalue weighted by Gasteiger charge is 2.23. The number of hydrogen-bond donors (Lipinski definition) is 1. The number of nitrogens with zero attached hydrogens (tertiary/aromatic N) is 2. The molecule has 0 amide bonds. The largest absolute Gasteiger partial charge is 0.324 e. The van der Waals surface area contributed by atoms with Gasteiger partial charge in [0.15, 0.2) is 0 Å². The van der Waals surface area contributed by atoms with Gasteiger partial charge in [0.25, 0.3) is 10.0 Å². The van der Waals surface area contributed by atoms with E-state index in [1.54, 1.807) is 13.1 Å². The summed E-state index contributed by atoms with van der Waals surface area (Å²) in [5.74, 6) is 0. The average molecular weight is 365 g/mol. The van der Waals surface area contributed by atoms with Gasteiger partial charge in [-0.2, -0.15) is 8.42 Å². The molecule has 0 aliphatic carbocycles. The number of aromatic nitrogens is 2. The summed E-state index contributed by atoms with van der Waals surface area (Å²) in [6.45, 7) is 1.92. The van der Waals surface area contributed by atoms with Crippen molar-refractivity contribution < 1.29 is 8.42 Å². The molecular weight excluding hydrogens is 354 g/mol. The van der Waals surface area contributed by atoms with E-state index in [9.17, 15) is 8.42 Å². The third kappa shape index (κ3) is 2.93. The summed E-state index contributed by atoms with van der Waals surface area (Å²) in [5, 5.41) is -0.125. The first-order valence-electron chi connectivity index (χ1n) is 5.27. The van der Waals surface area contributed by atoms with Crippen molar-refractivity contribution in [2.75, 3.05) is 4.72 Å². The van der Waals surface area contributed by atoms with Crippen molar-refractivity contribution in [3.63, 3.8) is 0 Å². The van der Waals surface area contributed by atoms with Crippen LogP contribution >= 0.6 is 27.5 Å². The third-order valence-electron chi connectivity index (χ3n) is 2.46. The lowest BCUT2D eigenvalue weighted by Crippen LogP contribution is -2.14. The van der Waals surface area contributed by atoms with E-state index >= 15 is 0 Å². The fourth-order valence-corrected chi connectivity index (χ4v) is 3.71. The molecule has 0 radical (unpaired) electrons. The maximum Gasteiger partial charge on any atom is 0.282 e. The number of rotatable bonds is 3. The average Bonchev–Trinajstić information content (AvgIpc) is 2.64. The van der Waals surface area contributed by atoms with Gasteiger partial charge in [-0.3, -0.25) is 4.72 Å². The van der Waals surface area contributed by atoms with E-state index in [0.717, 1.165) is 5.56 Å². The minimum absolute atomic E-state index is 0.0655. The van der Waals surface area contributed by atoms with Crippen LogP contribution in [0.3, 0.4) is 0 Å². The van der Waals surface area contributed by atoms with Crippen LogP contribution in [-0.4, -0.2) is 18.0 Å². The molecule has 2 rings (SSSR count). The third-order valence-corrected chi connectivity index (χ3v) is 4.97. The van der Waals surface area contributed by atoms with Crippen LogP contribution < -0.4 is 4.72 Å². The minimum Gasteiger partial charge on any atom is -0.324 e. The van der Waals surface area contributed by atoms with Gasteiger partial charge < -0.3 is 4.57 Å². The van der Waals surface area contributed by atoms with E-state index in [2.05, 4.69) is 25.6 Å². The van der Waals surface area contributed by atoms with Crippen molar-refractivity contribution >= 4 is 43.2 Å². The van der Waals surface area contributed by atoms with E-state index in [1.165, 1.54) is 10.9 Å². The Bertz CT molecular complexity index is 728. The molecule has 1 aromatic heterocycles. The smallest absolute Gasteiger partial charge is 0.282 e. The summed E-state index contributed by atoms with van der Waals surface area (Å²) in [4.78, 5) is 3.80. The van der Waals surface area contributed by atoms with Crippen LogP contribution in [0.2, 0.25) is 5.15 Å². The maximum absolute atomic E-state index is 12.2. The Balaban J connectivity index is 2.39. The van der Waals surface area contributed by atoms with Gasteiger partial charge in [-0.1, -0.05) is 17.7 Å². The van der Waals surface area contributed by atoms with Gasteiger partial charge in [0.05, 0.1) is 12.0 Å². The number of halogens is 2. The van der Waals surface area contributed by atoms with Crippen LogP contribution in [0.15, 0.2) is 34.0 Å². The molecule has 0 aliphatic heterocycles. The second-order valence-corrected chi connectivity index (χ2v) is 6.85. The molecule has 8 heteroatoms. The number of imidazole rings is 1. The predicted molar refractivity (Wildman–Crippen MR) is 77.9 cm³/mol. The standard InChI is InChI=1S/C11H11BrClN3O2S/c1-7-3-4-9(8(12)5-7)15-19(17,18)11-10(13)16(2)6-14-11/h3-6,15H,1-2H3. The lowest BCUT2D eigenvalue weighted by molar-refractivity contribution is 0.598. The number of nitrogens with one attached hydrogen (secondary N) is 1. The van der Waals surface area contributed by atoms with Crippen LogP contribution in [0, 0.1) is 6.92 Å². The highest BCUT2D eigenvalue weighted by atomic mass is 79.9. The summed E-state index contributed by atoms with van der Waals surface area (Å²) in [6, 6.07) is 5.30. The number of hydrogen-bond acceptors (Lipinski definition) is 3. The van der Waals surface area contributed by atoms with E-state index in [1.807, 2.05) is 19.1 Å². The van der Waals surface area contributed by atoms with E-state index in [-0.39, 0.29) is 10.2 Å². The number of anilines is 1. The van der Waals surface area contributed by atoms with E-state index in [0.29, 0.717) is 10.2 Å². The monoisotopic (exact) mass is 363 g/mol. The van der Waals surface area contributed by atoms with Gasteiger partial charge in [0.1, 0.15) is 5.15 Å². The lowest BCUT2D eigenvalue weighted by Gasteiger charge is -2.09. The SMILES string of the molecule is Cc1ccc(NS(=O)(=O)c2ncn(C)c2Cl)c(Br)c1. The van der Waals surface area contributed by atoms with Gasteiger partial charge in [0.2, 0.25) is 5.03 Å². The molecule has 0 aliphatic rings. The van der Waals surface area contributed by atoms with Crippen molar-refractivity contribution in [1.29, 1.82) is 0 Å². The molecule has 0 atom stereocenters. The van der Waals surface area contributed by atoms with E-state index < -0.39 is 10.0 Å². The molecule has 0 unspecified atom stereocenters. The van der Waals surface area contributed by atoms with Crippen molar-refractivity contribution in [3.8, 4) is 0 Å². The van der Waals surface area contributed by atoms with Gasteiger partial charge in [-0.15, -0.1) is 0 Å². The summed E-state index contributed by atoms with van der Waals surface area (Å²) in [6.07, 6.45) is 1.35. The summed E-state index contributed by atoms with van der Waals surface area (Å²) >= 11 is 9.20. The zero-order valence-corrected chi connectivity index (χ0v) is 13.3. The van der Waals surface area contributed by atoms with Crippen LogP contribution in [0.5, 0.6) is 0 Å². The second kappa shape index (κ2) is 5.15. The highest BCUT2D eigenvalue weighted by Crippen LogP contribution is 2.27. The Kier molecular flexibility index (Phi) is 3.89. The number of sulfonamides is 1. The van der Waals surface area contributed by atoms with Gasteiger partial charge in [0, 0.05) is 11.5 Å². The molecule has 0 spiro atoms. The van der Waals surface area contributed by atoms with Gasteiger partial charge in [-0.05, 0) is 40.5 Å². The second-order valence-electron chi connectivity index (χ2n) is 4.04. The van der Waals surface area contributed by atoms with Crippen LogP contribution in [0.25, 0.3) is 0 Å². The Morgan fingerprint density at radius 2 is 2.11 bits per heavy atom. The molecule has 1 heterocycles. The fourth-order valence-electron chi connectivity index (χ4n) is 1.47. The van der Waals surface area contributed by atoms with Crippen LogP contribution in [0.4, 0.5) is 5.69 Å². The van der Waals surface area contributed by atoms with Crippen molar-refractivity contribution in [1.82, 2.24) is 9.55 Å². The van der Waals surface area contributed by atoms with Crippen molar-refractivity contribution in [2.45, 2.75) is 11.9 Å². The Morgan fingerprint density at radius 1 is 1.42 bits per heavy atom. The first kappa shape index (κ1) is 14.4. The zero-order valence-electron chi connectivity index (χ0n) is 10.2. The Hall–Kier alpha value is -1.05. The van der Waals surface area contributed by atoms with Crippen LogP contribution in [-0.2, 0) is 17.1 Å². The molecule has 102 valence electrons. The first-order valence-corrected chi connectivity index (χ1v) is 7.92. The lowest BCUT2D eigenvalue weighted by atomic mass is 10.2. The van der Waals surface area contributed by atoms with Crippen molar-refractivity contribution in [3.05, 3.63) is 39.7 Å². The molecule has 0 saturated carbocycles. The molecule has 0 fully saturated rings. The minimum atomic E-state index is -3.80. The van der Waals surface area contributed by atoms with Crippen LogP contribution in [0.1, 0.15) is 5.56 Å². The molecule has 19 heavy (non-hydrogen) atoms. The molecule has 2 aromatic rings. The number of aryl methyl sites for hydroxylation is 2. The van der Waals surface area contributed by atoms with E-state index in [4.69, 9.17) is 11.6 Å². The summed E-state index contributed by atoms with van der Waals surface area (Å²) in [5.41, 5.74) is 1.46. The number of benzene rings is 1. The molecule has 1 aromatic carbocycles. The normalized spacial score (nSPS) is 11.6. The first-order chi connectivity index (χ1) is 8.81. The molecule has 5 nitrogen and oxygen atoms in total. The Labute approximate surface area is 124 Å². The Morgan fingerprint density at radius 3 is 2.63 bits per heavy atom. The molecule has 1 N–H and O–H groups in total. The highest BCUT2D eigenvalue weighted by molar-refractivity contribution is 9.10. The molecule has 0 saturated heterocycles.